The van der Waals surface area contributed by atoms with Crippen molar-refractivity contribution in [2.45, 2.75) is 32.7 Å². The molecule has 1 fully saturated rings. The zero-order chi connectivity index (χ0) is 19.3. The zero-order valence-corrected chi connectivity index (χ0v) is 19.9. The highest BCUT2D eigenvalue weighted by molar-refractivity contribution is 14.0. The molecular formula is C20H37IN6O. The molecule has 2 rings (SSSR count). The van der Waals surface area contributed by atoms with E-state index in [1.54, 1.807) is 7.05 Å². The molecule has 1 aromatic rings. The van der Waals surface area contributed by atoms with E-state index in [0.29, 0.717) is 0 Å². The molecule has 160 valence electrons. The second-order valence-corrected chi connectivity index (χ2v) is 6.98. The number of nitrogens with one attached hydrogen (secondary N) is 2. The van der Waals surface area contributed by atoms with Gasteiger partial charge < -0.3 is 25.2 Å². The molecule has 1 aliphatic heterocycles. The highest BCUT2D eigenvalue weighted by Crippen LogP contribution is 2.14. The van der Waals surface area contributed by atoms with Crippen LogP contribution in [0.3, 0.4) is 0 Å². The predicted molar refractivity (Wildman–Crippen MR) is 128 cm³/mol. The molecule has 0 unspecified atom stereocenters. The number of guanidine groups is 1. The molecule has 1 aromatic heterocycles. The van der Waals surface area contributed by atoms with Crippen LogP contribution in [-0.4, -0.2) is 75.9 Å². The van der Waals surface area contributed by atoms with Crippen molar-refractivity contribution in [3.05, 3.63) is 23.9 Å². The number of hydrogen-bond donors (Lipinski definition) is 2. The number of likely N-dealkylation sites (N-methyl/N-ethyl adjacent to an activating group) is 1. The average Bonchev–Trinajstić information content (AvgIpc) is 2.70. The van der Waals surface area contributed by atoms with E-state index in [1.807, 2.05) is 6.20 Å². The van der Waals surface area contributed by atoms with Crippen LogP contribution in [0.1, 0.15) is 31.7 Å². The fraction of sp³-hybridized carbons (Fsp3) is 0.700. The highest BCUT2D eigenvalue weighted by atomic mass is 127. The number of rotatable bonds is 10. The van der Waals surface area contributed by atoms with E-state index in [0.717, 1.165) is 77.1 Å². The molecule has 28 heavy (non-hydrogen) atoms. The van der Waals surface area contributed by atoms with Gasteiger partial charge in [0.15, 0.2) is 5.96 Å². The van der Waals surface area contributed by atoms with Crippen molar-refractivity contribution < 1.29 is 4.74 Å². The maximum Gasteiger partial charge on any atom is 0.191 e. The van der Waals surface area contributed by atoms with Crippen LogP contribution in [0.15, 0.2) is 23.3 Å². The van der Waals surface area contributed by atoms with Gasteiger partial charge in [-0.2, -0.15) is 0 Å². The minimum atomic E-state index is 0. The van der Waals surface area contributed by atoms with E-state index in [1.165, 1.54) is 12.0 Å². The Morgan fingerprint density at radius 3 is 2.64 bits per heavy atom. The van der Waals surface area contributed by atoms with Gasteiger partial charge in [0, 0.05) is 65.7 Å². The minimum Gasteiger partial charge on any atom is -0.381 e. The van der Waals surface area contributed by atoms with Crippen LogP contribution in [0.4, 0.5) is 5.82 Å². The van der Waals surface area contributed by atoms with Gasteiger partial charge in [-0.1, -0.05) is 13.3 Å². The second-order valence-electron chi connectivity index (χ2n) is 6.98. The first-order chi connectivity index (χ1) is 13.2. The Morgan fingerprint density at radius 1 is 1.18 bits per heavy atom. The van der Waals surface area contributed by atoms with Crippen LogP contribution >= 0.6 is 24.0 Å². The monoisotopic (exact) mass is 504 g/mol. The lowest BCUT2D eigenvalue weighted by molar-refractivity contribution is 0.129. The molecule has 8 heteroatoms. The summed E-state index contributed by atoms with van der Waals surface area (Å²) < 4.78 is 5.58. The molecule has 0 amide bonds. The average molecular weight is 504 g/mol. The summed E-state index contributed by atoms with van der Waals surface area (Å²) in [4.78, 5) is 13.5. The molecule has 0 radical (unpaired) electrons. The zero-order valence-electron chi connectivity index (χ0n) is 17.6. The highest BCUT2D eigenvalue weighted by Gasteiger charge is 2.15. The van der Waals surface area contributed by atoms with Crippen LogP contribution in [0.5, 0.6) is 0 Å². The van der Waals surface area contributed by atoms with Crippen molar-refractivity contribution in [1.29, 1.82) is 0 Å². The molecule has 0 aromatic carbocycles. The summed E-state index contributed by atoms with van der Waals surface area (Å²) in [5, 5.41) is 6.72. The molecule has 7 nitrogen and oxygen atoms in total. The Bertz CT molecular complexity index is 563. The summed E-state index contributed by atoms with van der Waals surface area (Å²) in [6, 6.07) is 4.23. The number of nitrogens with zero attached hydrogens (tertiary/aromatic N) is 4. The second kappa shape index (κ2) is 14.8. The number of halogens is 1. The lowest BCUT2D eigenvalue weighted by Crippen LogP contribution is -2.44. The molecule has 0 atom stereocenters. The van der Waals surface area contributed by atoms with Gasteiger partial charge in [-0.15, -0.1) is 24.0 Å². The van der Waals surface area contributed by atoms with Gasteiger partial charge in [0.25, 0.3) is 0 Å². The normalized spacial score (nSPS) is 15.2. The summed E-state index contributed by atoms with van der Waals surface area (Å²) >= 11 is 0. The smallest absolute Gasteiger partial charge is 0.191 e. The van der Waals surface area contributed by atoms with Crippen LogP contribution in [0.25, 0.3) is 0 Å². The van der Waals surface area contributed by atoms with Gasteiger partial charge in [-0.3, -0.25) is 4.99 Å². The van der Waals surface area contributed by atoms with Crippen molar-refractivity contribution in [3.63, 3.8) is 0 Å². The number of piperazine rings is 1. The summed E-state index contributed by atoms with van der Waals surface area (Å²) in [7, 11) is 3.97. The molecule has 2 heterocycles. The number of unbranched alkanes of at least 4 members (excludes halogenated alkanes) is 1. The van der Waals surface area contributed by atoms with E-state index in [-0.39, 0.29) is 24.0 Å². The van der Waals surface area contributed by atoms with E-state index in [2.05, 4.69) is 56.5 Å². The number of aromatic nitrogens is 1. The van der Waals surface area contributed by atoms with Crippen molar-refractivity contribution >= 4 is 35.8 Å². The van der Waals surface area contributed by atoms with Gasteiger partial charge in [-0.25, -0.2) is 4.98 Å². The quantitative estimate of drug-likeness (QED) is 0.221. The largest absolute Gasteiger partial charge is 0.381 e. The Balaban J connectivity index is 0.00000392. The molecule has 0 bridgehead atoms. The van der Waals surface area contributed by atoms with E-state index in [4.69, 9.17) is 4.74 Å². The summed E-state index contributed by atoms with van der Waals surface area (Å²) in [5.41, 5.74) is 1.21. The first-order valence-electron chi connectivity index (χ1n) is 10.1. The van der Waals surface area contributed by atoms with E-state index in [9.17, 15) is 0 Å². The summed E-state index contributed by atoms with van der Waals surface area (Å²) in [6.07, 6.45) is 5.20. The van der Waals surface area contributed by atoms with E-state index >= 15 is 0 Å². The Labute approximate surface area is 187 Å². The minimum absolute atomic E-state index is 0. The van der Waals surface area contributed by atoms with Gasteiger partial charge in [0.1, 0.15) is 5.82 Å². The molecule has 1 saturated heterocycles. The Kier molecular flexibility index (Phi) is 13.2. The lowest BCUT2D eigenvalue weighted by atomic mass is 10.2. The molecule has 1 aliphatic rings. The van der Waals surface area contributed by atoms with Gasteiger partial charge in [0.2, 0.25) is 0 Å². The van der Waals surface area contributed by atoms with Crippen molar-refractivity contribution in [1.82, 2.24) is 20.5 Å². The van der Waals surface area contributed by atoms with Crippen molar-refractivity contribution in [2.24, 2.45) is 4.99 Å². The number of hydrogen-bond acceptors (Lipinski definition) is 5. The van der Waals surface area contributed by atoms with E-state index < -0.39 is 0 Å². The summed E-state index contributed by atoms with van der Waals surface area (Å²) in [6.45, 7) is 9.66. The maximum atomic E-state index is 5.58. The number of anilines is 1. The third-order valence-electron chi connectivity index (χ3n) is 4.72. The fourth-order valence-electron chi connectivity index (χ4n) is 2.91. The third kappa shape index (κ3) is 9.38. The van der Waals surface area contributed by atoms with Crippen molar-refractivity contribution in [2.75, 3.05) is 64.9 Å². The first-order valence-corrected chi connectivity index (χ1v) is 10.1. The Morgan fingerprint density at radius 2 is 1.93 bits per heavy atom. The van der Waals surface area contributed by atoms with Crippen LogP contribution in [-0.2, 0) is 11.3 Å². The predicted octanol–water partition coefficient (Wildman–Crippen LogP) is 2.32. The first kappa shape index (κ1) is 24.9. The molecule has 2 N–H and O–H groups in total. The van der Waals surface area contributed by atoms with Crippen LogP contribution in [0, 0.1) is 0 Å². The third-order valence-corrected chi connectivity index (χ3v) is 4.72. The van der Waals surface area contributed by atoms with Gasteiger partial charge in [-0.05, 0) is 37.6 Å². The topological polar surface area (TPSA) is 65.0 Å². The van der Waals surface area contributed by atoms with Crippen LogP contribution < -0.4 is 15.5 Å². The lowest BCUT2D eigenvalue weighted by Gasteiger charge is -2.33. The number of pyridine rings is 1. The Hall–Kier alpha value is -1.13. The number of ether oxygens (including phenoxy) is 1. The SMILES string of the molecule is CCCCOCCCNC(=NC)NCc1ccnc(N2CCN(C)CC2)c1.I. The molecular weight excluding hydrogens is 467 g/mol. The standard InChI is InChI=1S/C20H36N6O.HI/c1-4-5-14-27-15-6-8-23-20(21-2)24-17-18-7-9-22-19(16-18)26-12-10-25(3)11-13-26;/h7,9,16H,4-6,8,10-15,17H2,1-3H3,(H2,21,23,24);1H. The number of aliphatic imine (C=N–C) groups is 1. The molecule has 0 spiro atoms. The maximum absolute atomic E-state index is 5.58. The fourth-order valence-corrected chi connectivity index (χ4v) is 2.91. The molecule has 0 saturated carbocycles. The van der Waals surface area contributed by atoms with Gasteiger partial charge in [0.05, 0.1) is 0 Å². The van der Waals surface area contributed by atoms with Crippen LogP contribution in [0.2, 0.25) is 0 Å². The van der Waals surface area contributed by atoms with Gasteiger partial charge >= 0.3 is 0 Å². The molecule has 0 aliphatic carbocycles. The van der Waals surface area contributed by atoms with Crippen molar-refractivity contribution in [3.8, 4) is 0 Å². The summed E-state index contributed by atoms with van der Waals surface area (Å²) in [5.74, 6) is 1.89.